The summed E-state index contributed by atoms with van der Waals surface area (Å²) in [7, 11) is 0. The zero-order valence-corrected chi connectivity index (χ0v) is 27.2. The highest BCUT2D eigenvalue weighted by molar-refractivity contribution is 6.14. The average Bonchev–Trinajstić information content (AvgIpc) is 3.63. The molecule has 0 atom stereocenters. The zero-order chi connectivity index (χ0) is 32.4. The quantitative estimate of drug-likeness (QED) is 0.197. The fraction of sp³-hybridized carbons (Fsp3) is 0.0909. The topological polar surface area (TPSA) is 35.6 Å². The molecule has 0 radical (unpaired) electrons. The lowest BCUT2D eigenvalue weighted by molar-refractivity contribution is 0.588. The monoisotopic (exact) mass is 618 g/mol. The standard InChI is InChI=1S/C44H34N4/c1-44(2,3)31-22-24-46-43(26-31)48-39-19-10-8-16-33(39)36-27-35(29-13-5-4-6-14-29)41(28-42(36)48)47-38-18-9-7-15-32(38)34-21-20-30(25-40(34)47)37-17-11-12-23-45-37/h4-28H,1-3H3. The first-order valence-corrected chi connectivity index (χ1v) is 16.5. The third-order valence-corrected chi connectivity index (χ3v) is 9.59. The number of para-hydroxylation sites is 2. The Morgan fingerprint density at radius 1 is 0.458 bits per heavy atom. The molecule has 4 aromatic heterocycles. The largest absolute Gasteiger partial charge is 0.309 e. The molecular weight excluding hydrogens is 585 g/mol. The molecule has 230 valence electrons. The maximum absolute atomic E-state index is 4.96. The first kappa shape index (κ1) is 28.2. The first-order valence-electron chi connectivity index (χ1n) is 16.5. The Bertz CT molecular complexity index is 2640. The lowest BCUT2D eigenvalue weighted by Crippen LogP contribution is -2.12. The predicted octanol–water partition coefficient (Wildman–Crippen LogP) is 11.3. The molecule has 5 aromatic carbocycles. The summed E-state index contributed by atoms with van der Waals surface area (Å²) in [4.78, 5) is 9.66. The molecule has 9 rings (SSSR count). The minimum absolute atomic E-state index is 0.00359. The van der Waals surface area contributed by atoms with Gasteiger partial charge in [0.2, 0.25) is 0 Å². The van der Waals surface area contributed by atoms with Crippen LogP contribution >= 0.6 is 0 Å². The second-order valence-electron chi connectivity index (χ2n) is 13.6. The van der Waals surface area contributed by atoms with Crippen molar-refractivity contribution in [2.45, 2.75) is 26.2 Å². The van der Waals surface area contributed by atoms with Crippen molar-refractivity contribution in [3.63, 3.8) is 0 Å². The van der Waals surface area contributed by atoms with E-state index in [9.17, 15) is 0 Å². The van der Waals surface area contributed by atoms with Crippen LogP contribution < -0.4 is 0 Å². The van der Waals surface area contributed by atoms with E-state index in [2.05, 4.69) is 157 Å². The number of rotatable bonds is 4. The molecule has 0 aliphatic carbocycles. The molecule has 0 saturated carbocycles. The molecule has 4 nitrogen and oxygen atoms in total. The van der Waals surface area contributed by atoms with E-state index in [0.717, 1.165) is 44.8 Å². The predicted molar refractivity (Wildman–Crippen MR) is 200 cm³/mol. The summed E-state index contributed by atoms with van der Waals surface area (Å²) in [6.07, 6.45) is 3.81. The van der Waals surface area contributed by atoms with Crippen LogP contribution in [0.4, 0.5) is 0 Å². The number of pyridine rings is 2. The number of nitrogens with zero attached hydrogens (tertiary/aromatic N) is 4. The third kappa shape index (κ3) is 4.44. The lowest BCUT2D eigenvalue weighted by atomic mass is 9.88. The summed E-state index contributed by atoms with van der Waals surface area (Å²) < 4.78 is 4.78. The Labute approximate surface area is 279 Å². The van der Waals surface area contributed by atoms with Crippen LogP contribution in [0.25, 0.3) is 77.5 Å². The molecule has 4 heteroatoms. The van der Waals surface area contributed by atoms with Crippen LogP contribution in [0.2, 0.25) is 0 Å². The van der Waals surface area contributed by atoms with Gasteiger partial charge >= 0.3 is 0 Å². The lowest BCUT2D eigenvalue weighted by Gasteiger charge is -2.20. The molecule has 48 heavy (non-hydrogen) atoms. The maximum atomic E-state index is 4.96. The van der Waals surface area contributed by atoms with Gasteiger partial charge in [0.25, 0.3) is 0 Å². The summed E-state index contributed by atoms with van der Waals surface area (Å²) in [6.45, 7) is 6.76. The van der Waals surface area contributed by atoms with Crippen molar-refractivity contribution in [2.75, 3.05) is 0 Å². The van der Waals surface area contributed by atoms with E-state index in [-0.39, 0.29) is 5.41 Å². The maximum Gasteiger partial charge on any atom is 0.137 e. The van der Waals surface area contributed by atoms with Crippen molar-refractivity contribution in [3.8, 4) is 33.9 Å². The van der Waals surface area contributed by atoms with Crippen molar-refractivity contribution < 1.29 is 0 Å². The van der Waals surface area contributed by atoms with Gasteiger partial charge < -0.3 is 4.57 Å². The number of fused-ring (bicyclic) bond motifs is 6. The molecule has 9 aromatic rings. The van der Waals surface area contributed by atoms with E-state index < -0.39 is 0 Å². The van der Waals surface area contributed by atoms with Crippen LogP contribution in [-0.2, 0) is 5.41 Å². The van der Waals surface area contributed by atoms with Crippen molar-refractivity contribution >= 4 is 43.6 Å². The van der Waals surface area contributed by atoms with Crippen LogP contribution in [0.15, 0.2) is 152 Å². The molecule has 0 spiro atoms. The molecule has 0 aliphatic heterocycles. The second-order valence-corrected chi connectivity index (χ2v) is 13.6. The number of hydrogen-bond donors (Lipinski definition) is 0. The van der Waals surface area contributed by atoms with E-state index in [1.165, 1.54) is 38.2 Å². The van der Waals surface area contributed by atoms with E-state index in [1.807, 2.05) is 24.5 Å². The van der Waals surface area contributed by atoms with Gasteiger partial charge in [0.05, 0.1) is 33.4 Å². The first-order chi connectivity index (χ1) is 23.5. The molecule has 4 heterocycles. The summed E-state index contributed by atoms with van der Waals surface area (Å²) in [5.74, 6) is 0.923. The van der Waals surface area contributed by atoms with Crippen LogP contribution in [0.5, 0.6) is 0 Å². The Morgan fingerprint density at radius 3 is 1.88 bits per heavy atom. The van der Waals surface area contributed by atoms with Gasteiger partial charge in [-0.25, -0.2) is 4.98 Å². The summed E-state index contributed by atoms with van der Waals surface area (Å²) in [5, 5.41) is 4.84. The van der Waals surface area contributed by atoms with Gasteiger partial charge in [-0.3, -0.25) is 9.55 Å². The summed E-state index contributed by atoms with van der Waals surface area (Å²) in [6, 6.07) is 50.1. The van der Waals surface area contributed by atoms with E-state index in [0.29, 0.717) is 0 Å². The second kappa shape index (κ2) is 10.8. The molecule has 0 bridgehead atoms. The van der Waals surface area contributed by atoms with Crippen LogP contribution in [0.3, 0.4) is 0 Å². The van der Waals surface area contributed by atoms with Gasteiger partial charge in [-0.2, -0.15) is 0 Å². The average molecular weight is 619 g/mol. The van der Waals surface area contributed by atoms with Crippen LogP contribution in [0.1, 0.15) is 26.3 Å². The summed E-state index contributed by atoms with van der Waals surface area (Å²) >= 11 is 0. The van der Waals surface area contributed by atoms with Crippen molar-refractivity contribution in [1.82, 2.24) is 19.1 Å². The molecule has 0 N–H and O–H groups in total. The van der Waals surface area contributed by atoms with Crippen molar-refractivity contribution in [3.05, 3.63) is 157 Å². The minimum atomic E-state index is -0.00359. The highest BCUT2D eigenvalue weighted by Gasteiger charge is 2.22. The van der Waals surface area contributed by atoms with Gasteiger partial charge in [0, 0.05) is 45.1 Å². The number of hydrogen-bond acceptors (Lipinski definition) is 2. The minimum Gasteiger partial charge on any atom is -0.309 e. The summed E-state index contributed by atoms with van der Waals surface area (Å²) in [5.41, 5.74) is 11.3. The van der Waals surface area contributed by atoms with Gasteiger partial charge in [0.15, 0.2) is 0 Å². The Kier molecular flexibility index (Phi) is 6.34. The smallest absolute Gasteiger partial charge is 0.137 e. The molecule has 0 aliphatic rings. The highest BCUT2D eigenvalue weighted by Crippen LogP contribution is 2.42. The fourth-order valence-electron chi connectivity index (χ4n) is 7.21. The van der Waals surface area contributed by atoms with E-state index >= 15 is 0 Å². The fourth-order valence-corrected chi connectivity index (χ4v) is 7.21. The van der Waals surface area contributed by atoms with E-state index in [1.54, 1.807) is 0 Å². The molecule has 0 unspecified atom stereocenters. The van der Waals surface area contributed by atoms with Gasteiger partial charge in [-0.15, -0.1) is 0 Å². The third-order valence-electron chi connectivity index (χ3n) is 9.59. The Balaban J connectivity index is 1.43. The van der Waals surface area contributed by atoms with Gasteiger partial charge in [-0.1, -0.05) is 106 Å². The number of aromatic nitrogens is 4. The Morgan fingerprint density at radius 2 is 1.12 bits per heavy atom. The zero-order valence-electron chi connectivity index (χ0n) is 27.2. The van der Waals surface area contributed by atoms with Crippen molar-refractivity contribution in [1.29, 1.82) is 0 Å². The van der Waals surface area contributed by atoms with E-state index in [4.69, 9.17) is 9.97 Å². The molecule has 0 saturated heterocycles. The highest BCUT2D eigenvalue weighted by atomic mass is 15.1. The van der Waals surface area contributed by atoms with Gasteiger partial charge in [-0.05, 0) is 71.1 Å². The Hall–Kier alpha value is -6.00. The molecule has 0 amide bonds. The normalized spacial score (nSPS) is 12.1. The number of benzene rings is 5. The molecular formula is C44H34N4. The van der Waals surface area contributed by atoms with Crippen molar-refractivity contribution in [2.24, 2.45) is 0 Å². The SMILES string of the molecule is CC(C)(C)c1ccnc(-n2c3ccccc3c3cc(-c4ccccc4)c(-n4c5ccccc5c5ccc(-c6ccccn6)cc54)cc32)c1. The van der Waals surface area contributed by atoms with Crippen LogP contribution in [-0.4, -0.2) is 19.1 Å². The molecule has 0 fully saturated rings. The van der Waals surface area contributed by atoms with Gasteiger partial charge in [0.1, 0.15) is 5.82 Å². The van der Waals surface area contributed by atoms with Crippen LogP contribution in [0, 0.1) is 0 Å².